The zero-order chi connectivity index (χ0) is 22.1. The van der Waals surface area contributed by atoms with Crippen molar-refractivity contribution >= 4 is 33.2 Å². The molecule has 0 aromatic heterocycles. The molecule has 0 fully saturated rings. The summed E-state index contributed by atoms with van der Waals surface area (Å²) in [7, 11) is -1.92. The summed E-state index contributed by atoms with van der Waals surface area (Å²) in [4.78, 5) is 12.1. The highest BCUT2D eigenvalue weighted by Crippen LogP contribution is 2.26. The van der Waals surface area contributed by atoms with Gasteiger partial charge in [0.2, 0.25) is 15.9 Å². The molecule has 0 saturated carbocycles. The molecule has 0 unspecified atom stereocenters. The van der Waals surface area contributed by atoms with Crippen LogP contribution >= 0.6 is 11.6 Å². The fraction of sp³-hybridized carbons (Fsp3) is 0.381. The second kappa shape index (κ2) is 11.1. The molecule has 164 valence electrons. The molecule has 2 rings (SSSR count). The van der Waals surface area contributed by atoms with Crippen molar-refractivity contribution in [3.8, 4) is 11.5 Å². The van der Waals surface area contributed by atoms with Crippen LogP contribution in [0.2, 0.25) is 5.02 Å². The van der Waals surface area contributed by atoms with Crippen molar-refractivity contribution in [3.63, 3.8) is 0 Å². The van der Waals surface area contributed by atoms with Gasteiger partial charge in [0.05, 0.1) is 25.6 Å². The van der Waals surface area contributed by atoms with Crippen LogP contribution in [0.1, 0.15) is 18.4 Å². The van der Waals surface area contributed by atoms with Crippen LogP contribution in [0.4, 0.5) is 5.69 Å². The molecule has 0 heterocycles. The number of methoxy groups -OCH3 is 1. The third-order valence-electron chi connectivity index (χ3n) is 4.34. The van der Waals surface area contributed by atoms with Gasteiger partial charge in [0.25, 0.3) is 0 Å². The van der Waals surface area contributed by atoms with E-state index in [-0.39, 0.29) is 18.9 Å². The summed E-state index contributed by atoms with van der Waals surface area (Å²) in [5.41, 5.74) is 1.32. The lowest BCUT2D eigenvalue weighted by Crippen LogP contribution is -2.33. The maximum atomic E-state index is 12.2. The summed E-state index contributed by atoms with van der Waals surface area (Å²) in [5.74, 6) is 1.07. The molecule has 1 N–H and O–H groups in total. The maximum Gasteiger partial charge on any atom is 0.232 e. The summed E-state index contributed by atoms with van der Waals surface area (Å²) in [5, 5.41) is 3.31. The SMILES string of the molecule is COc1ccccc1OCCNC(=O)CCCN(c1ccc(Cl)cc1C)S(C)(=O)=O. The predicted molar refractivity (Wildman–Crippen MR) is 119 cm³/mol. The van der Waals surface area contributed by atoms with Crippen LogP contribution in [0.25, 0.3) is 0 Å². The van der Waals surface area contributed by atoms with E-state index in [0.717, 1.165) is 11.8 Å². The van der Waals surface area contributed by atoms with Crippen LogP contribution in [0.3, 0.4) is 0 Å². The van der Waals surface area contributed by atoms with Crippen molar-refractivity contribution < 1.29 is 22.7 Å². The molecule has 30 heavy (non-hydrogen) atoms. The van der Waals surface area contributed by atoms with E-state index in [4.69, 9.17) is 21.1 Å². The van der Waals surface area contributed by atoms with Gasteiger partial charge in [-0.3, -0.25) is 9.10 Å². The van der Waals surface area contributed by atoms with Crippen molar-refractivity contribution in [2.24, 2.45) is 0 Å². The smallest absolute Gasteiger partial charge is 0.232 e. The standard InChI is InChI=1S/C21H27ClN2O5S/c1-16-15-17(22)10-11-18(16)24(30(3,26)27)13-6-9-21(25)23-12-14-29-20-8-5-4-7-19(20)28-2/h4-5,7-8,10-11,15H,6,9,12-14H2,1-3H3,(H,23,25). The van der Waals surface area contributed by atoms with Gasteiger partial charge < -0.3 is 14.8 Å². The first-order valence-corrected chi connectivity index (χ1v) is 11.7. The number of sulfonamides is 1. The number of carbonyl (C=O) groups is 1. The molecule has 2 aromatic rings. The molecule has 0 radical (unpaired) electrons. The summed E-state index contributed by atoms with van der Waals surface area (Å²) < 4.78 is 36.5. The Hall–Kier alpha value is -2.45. The van der Waals surface area contributed by atoms with E-state index < -0.39 is 10.0 Å². The molecule has 0 bridgehead atoms. The molecule has 9 heteroatoms. The Balaban J connectivity index is 1.80. The average molecular weight is 455 g/mol. The van der Waals surface area contributed by atoms with Crippen LogP contribution in [0.5, 0.6) is 11.5 Å². The Bertz CT molecular complexity index is 966. The minimum absolute atomic E-state index is 0.167. The van der Waals surface area contributed by atoms with Crippen LogP contribution in [0.15, 0.2) is 42.5 Å². The Morgan fingerprint density at radius 1 is 1.17 bits per heavy atom. The largest absolute Gasteiger partial charge is 0.493 e. The fourth-order valence-electron chi connectivity index (χ4n) is 2.92. The van der Waals surface area contributed by atoms with Crippen LogP contribution in [-0.4, -0.2) is 47.4 Å². The van der Waals surface area contributed by atoms with Crippen molar-refractivity contribution in [1.29, 1.82) is 0 Å². The Labute approximate surface area is 183 Å². The van der Waals surface area contributed by atoms with Gasteiger partial charge in [-0.15, -0.1) is 0 Å². The molecule has 1 amide bonds. The van der Waals surface area contributed by atoms with Crippen LogP contribution in [0, 0.1) is 6.92 Å². The lowest BCUT2D eigenvalue weighted by atomic mass is 10.2. The van der Waals surface area contributed by atoms with E-state index in [1.807, 2.05) is 12.1 Å². The molecule has 0 aliphatic carbocycles. The fourth-order valence-corrected chi connectivity index (χ4v) is 4.17. The van der Waals surface area contributed by atoms with Gasteiger partial charge in [-0.2, -0.15) is 0 Å². The number of anilines is 1. The molecule has 0 aliphatic rings. The van der Waals surface area contributed by atoms with Gasteiger partial charge in [0.1, 0.15) is 6.61 Å². The van der Waals surface area contributed by atoms with E-state index in [2.05, 4.69) is 5.32 Å². The summed E-state index contributed by atoms with van der Waals surface area (Å²) in [6.45, 7) is 2.63. The average Bonchev–Trinajstić information content (AvgIpc) is 2.69. The van der Waals surface area contributed by atoms with Gasteiger partial charge >= 0.3 is 0 Å². The quantitative estimate of drug-likeness (QED) is 0.526. The normalized spacial score (nSPS) is 11.1. The number of rotatable bonds is 11. The predicted octanol–water partition coefficient (Wildman–Crippen LogP) is 3.40. The molecule has 0 atom stereocenters. The monoisotopic (exact) mass is 454 g/mol. The minimum atomic E-state index is -3.48. The Morgan fingerprint density at radius 2 is 1.87 bits per heavy atom. The molecular weight excluding hydrogens is 428 g/mol. The Kier molecular flexibility index (Phi) is 8.80. The first kappa shape index (κ1) is 23.8. The number of aryl methyl sites for hydroxylation is 1. The number of hydrogen-bond donors (Lipinski definition) is 1. The van der Waals surface area contributed by atoms with Gasteiger partial charge in [-0.25, -0.2) is 8.42 Å². The van der Waals surface area contributed by atoms with E-state index in [1.54, 1.807) is 44.4 Å². The van der Waals surface area contributed by atoms with Gasteiger partial charge in [-0.05, 0) is 49.2 Å². The maximum absolute atomic E-state index is 12.2. The first-order valence-electron chi connectivity index (χ1n) is 9.48. The third-order valence-corrected chi connectivity index (χ3v) is 5.76. The second-order valence-corrected chi connectivity index (χ2v) is 9.06. The lowest BCUT2D eigenvalue weighted by molar-refractivity contribution is -0.121. The lowest BCUT2D eigenvalue weighted by Gasteiger charge is -2.24. The number of halogens is 1. The van der Waals surface area contributed by atoms with Crippen molar-refractivity contribution in [2.75, 3.05) is 37.4 Å². The zero-order valence-corrected chi connectivity index (χ0v) is 18.9. The highest BCUT2D eigenvalue weighted by molar-refractivity contribution is 7.92. The van der Waals surface area contributed by atoms with E-state index >= 15 is 0 Å². The summed E-state index contributed by atoms with van der Waals surface area (Å²) in [6.07, 6.45) is 1.73. The number of amides is 1. The molecule has 0 aliphatic heterocycles. The third kappa shape index (κ3) is 7.11. The van der Waals surface area contributed by atoms with E-state index in [1.165, 1.54) is 4.31 Å². The zero-order valence-electron chi connectivity index (χ0n) is 17.4. The van der Waals surface area contributed by atoms with Crippen molar-refractivity contribution in [3.05, 3.63) is 53.1 Å². The van der Waals surface area contributed by atoms with Crippen molar-refractivity contribution in [2.45, 2.75) is 19.8 Å². The second-order valence-electron chi connectivity index (χ2n) is 6.72. The molecule has 2 aromatic carbocycles. The number of carbonyl (C=O) groups excluding carboxylic acids is 1. The number of nitrogens with one attached hydrogen (secondary N) is 1. The number of benzene rings is 2. The summed E-state index contributed by atoms with van der Waals surface area (Å²) >= 11 is 5.96. The Morgan fingerprint density at radius 3 is 2.50 bits per heavy atom. The van der Waals surface area contributed by atoms with Gasteiger partial charge in [0, 0.05) is 18.0 Å². The molecule has 0 spiro atoms. The highest BCUT2D eigenvalue weighted by Gasteiger charge is 2.19. The van der Waals surface area contributed by atoms with Crippen molar-refractivity contribution in [1.82, 2.24) is 5.32 Å². The summed E-state index contributed by atoms with van der Waals surface area (Å²) in [6, 6.07) is 12.3. The number of para-hydroxylation sites is 2. The van der Waals surface area contributed by atoms with E-state index in [9.17, 15) is 13.2 Å². The number of nitrogens with zero attached hydrogens (tertiary/aromatic N) is 1. The van der Waals surface area contributed by atoms with E-state index in [0.29, 0.717) is 41.8 Å². The highest BCUT2D eigenvalue weighted by atomic mass is 35.5. The molecule has 0 saturated heterocycles. The van der Waals surface area contributed by atoms with Crippen LogP contribution in [-0.2, 0) is 14.8 Å². The van der Waals surface area contributed by atoms with Gasteiger partial charge in [0.15, 0.2) is 11.5 Å². The van der Waals surface area contributed by atoms with Crippen LogP contribution < -0.4 is 19.1 Å². The van der Waals surface area contributed by atoms with Gasteiger partial charge in [-0.1, -0.05) is 23.7 Å². The first-order chi connectivity index (χ1) is 14.2. The minimum Gasteiger partial charge on any atom is -0.493 e. The number of hydrogen-bond acceptors (Lipinski definition) is 5. The number of ether oxygens (including phenoxy) is 2. The molecule has 7 nitrogen and oxygen atoms in total. The molecular formula is C21H27ClN2O5S. The topological polar surface area (TPSA) is 84.9 Å².